The number of carbonyl (C=O) groups is 1. The second-order valence-corrected chi connectivity index (χ2v) is 7.03. The van der Waals surface area contributed by atoms with Crippen LogP contribution in [0.5, 0.6) is 0 Å². The topological polar surface area (TPSA) is 32.8 Å². The third kappa shape index (κ3) is 5.79. The van der Waals surface area contributed by atoms with Gasteiger partial charge in [0.25, 0.3) is 0 Å². The largest absolute Gasteiger partial charge is 0.444 e. The molecular formula is C17H22F4N2O2. The van der Waals surface area contributed by atoms with E-state index in [0.29, 0.717) is 26.2 Å². The Kier molecular flexibility index (Phi) is 5.49. The SMILES string of the molecule is CC(C)(C)OC(=O)N1CCN(c2ccc(CC(F)(F)F)cc2F)CC1. The van der Waals surface area contributed by atoms with Crippen LogP contribution in [0.15, 0.2) is 18.2 Å². The van der Waals surface area contributed by atoms with E-state index in [1.807, 2.05) is 0 Å². The fourth-order valence-corrected chi connectivity index (χ4v) is 2.60. The number of benzene rings is 1. The number of piperazine rings is 1. The van der Waals surface area contributed by atoms with Crippen LogP contribution in [0.25, 0.3) is 0 Å². The Balaban J connectivity index is 1.98. The van der Waals surface area contributed by atoms with Gasteiger partial charge in [-0.2, -0.15) is 13.2 Å². The number of rotatable bonds is 2. The van der Waals surface area contributed by atoms with E-state index >= 15 is 0 Å². The Morgan fingerprint density at radius 1 is 1.12 bits per heavy atom. The van der Waals surface area contributed by atoms with Crippen molar-refractivity contribution in [1.82, 2.24) is 4.90 Å². The summed E-state index contributed by atoms with van der Waals surface area (Å²) < 4.78 is 56.6. The second kappa shape index (κ2) is 7.09. The van der Waals surface area contributed by atoms with Crippen molar-refractivity contribution in [3.05, 3.63) is 29.6 Å². The molecule has 0 atom stereocenters. The molecule has 1 saturated heterocycles. The molecule has 4 nitrogen and oxygen atoms in total. The third-order valence-corrected chi connectivity index (χ3v) is 3.69. The molecule has 140 valence electrons. The van der Waals surface area contributed by atoms with Crippen LogP contribution in [0, 0.1) is 5.82 Å². The number of carbonyl (C=O) groups excluding carboxylic acids is 1. The molecule has 1 amide bonds. The van der Waals surface area contributed by atoms with Crippen LogP contribution in [0.3, 0.4) is 0 Å². The lowest BCUT2D eigenvalue weighted by Gasteiger charge is -2.36. The molecule has 0 N–H and O–H groups in total. The summed E-state index contributed by atoms with van der Waals surface area (Å²) in [5.74, 6) is -0.688. The Morgan fingerprint density at radius 3 is 2.20 bits per heavy atom. The van der Waals surface area contributed by atoms with Gasteiger partial charge in [-0.25, -0.2) is 9.18 Å². The second-order valence-electron chi connectivity index (χ2n) is 7.03. The van der Waals surface area contributed by atoms with E-state index in [9.17, 15) is 22.4 Å². The van der Waals surface area contributed by atoms with Crippen molar-refractivity contribution in [2.75, 3.05) is 31.1 Å². The highest BCUT2D eigenvalue weighted by molar-refractivity contribution is 5.68. The molecule has 1 aromatic carbocycles. The molecule has 0 aliphatic carbocycles. The monoisotopic (exact) mass is 362 g/mol. The first-order valence-electron chi connectivity index (χ1n) is 8.03. The fraction of sp³-hybridized carbons (Fsp3) is 0.588. The van der Waals surface area contributed by atoms with Gasteiger partial charge in [0.1, 0.15) is 11.4 Å². The van der Waals surface area contributed by atoms with Crippen LogP contribution < -0.4 is 4.90 Å². The Bertz CT molecular complexity index is 618. The van der Waals surface area contributed by atoms with Crippen molar-refractivity contribution in [3.63, 3.8) is 0 Å². The zero-order valence-corrected chi connectivity index (χ0v) is 14.5. The van der Waals surface area contributed by atoms with Crippen LogP contribution >= 0.6 is 0 Å². The summed E-state index contributed by atoms with van der Waals surface area (Å²) in [4.78, 5) is 15.3. The van der Waals surface area contributed by atoms with Gasteiger partial charge in [-0.15, -0.1) is 0 Å². The van der Waals surface area contributed by atoms with Crippen molar-refractivity contribution in [1.29, 1.82) is 0 Å². The van der Waals surface area contributed by atoms with E-state index in [-0.39, 0.29) is 11.3 Å². The molecule has 2 rings (SSSR count). The van der Waals surface area contributed by atoms with Crippen molar-refractivity contribution in [2.24, 2.45) is 0 Å². The quantitative estimate of drug-likeness (QED) is 0.746. The molecule has 1 aliphatic rings. The predicted octanol–water partition coefficient (Wildman–Crippen LogP) is 3.99. The van der Waals surface area contributed by atoms with Crippen molar-refractivity contribution in [3.8, 4) is 0 Å². The van der Waals surface area contributed by atoms with Gasteiger partial charge in [-0.05, 0) is 38.5 Å². The fourth-order valence-electron chi connectivity index (χ4n) is 2.60. The van der Waals surface area contributed by atoms with Crippen LogP contribution in [-0.2, 0) is 11.2 Å². The molecule has 8 heteroatoms. The minimum absolute atomic E-state index is 0.110. The van der Waals surface area contributed by atoms with Crippen LogP contribution in [0.2, 0.25) is 0 Å². The number of halogens is 4. The third-order valence-electron chi connectivity index (χ3n) is 3.69. The van der Waals surface area contributed by atoms with E-state index in [1.165, 1.54) is 17.0 Å². The summed E-state index contributed by atoms with van der Waals surface area (Å²) in [5, 5.41) is 0. The maximum absolute atomic E-state index is 14.2. The molecule has 1 aromatic rings. The number of amides is 1. The zero-order valence-electron chi connectivity index (χ0n) is 14.5. The number of alkyl halides is 3. The van der Waals surface area contributed by atoms with Gasteiger partial charge in [-0.1, -0.05) is 6.07 Å². The van der Waals surface area contributed by atoms with E-state index in [0.717, 1.165) is 6.07 Å². The molecule has 0 bridgehead atoms. The maximum Gasteiger partial charge on any atom is 0.410 e. The smallest absolute Gasteiger partial charge is 0.410 e. The molecular weight excluding hydrogens is 340 g/mol. The van der Waals surface area contributed by atoms with Gasteiger partial charge in [-0.3, -0.25) is 0 Å². The number of anilines is 1. The molecule has 1 heterocycles. The summed E-state index contributed by atoms with van der Waals surface area (Å²) in [6.07, 6.45) is -5.95. The average Bonchev–Trinajstić information content (AvgIpc) is 2.44. The van der Waals surface area contributed by atoms with E-state index in [4.69, 9.17) is 4.74 Å². The molecule has 0 spiro atoms. The number of nitrogens with zero attached hydrogens (tertiary/aromatic N) is 2. The van der Waals surface area contributed by atoms with Gasteiger partial charge in [0.15, 0.2) is 0 Å². The molecule has 0 unspecified atom stereocenters. The lowest BCUT2D eigenvalue weighted by molar-refractivity contribution is -0.127. The van der Waals surface area contributed by atoms with Gasteiger partial charge in [0, 0.05) is 26.2 Å². The highest BCUT2D eigenvalue weighted by Gasteiger charge is 2.29. The first kappa shape index (κ1) is 19.3. The zero-order chi connectivity index (χ0) is 18.8. The summed E-state index contributed by atoms with van der Waals surface area (Å²) in [7, 11) is 0. The Hall–Kier alpha value is -1.99. The Labute approximate surface area is 144 Å². The highest BCUT2D eigenvalue weighted by atomic mass is 19.4. The molecule has 1 fully saturated rings. The maximum atomic E-state index is 14.2. The standard InChI is InChI=1S/C17H22F4N2O2/c1-16(2,3)25-15(24)23-8-6-22(7-9-23)14-5-4-12(10-13(14)18)11-17(19,20)21/h4-5,10H,6-9,11H2,1-3H3. The number of hydrogen-bond acceptors (Lipinski definition) is 3. The minimum atomic E-state index is -4.37. The summed E-state index contributed by atoms with van der Waals surface area (Å²) in [6, 6.07) is 3.56. The van der Waals surface area contributed by atoms with Gasteiger partial charge >= 0.3 is 12.3 Å². The van der Waals surface area contributed by atoms with Crippen molar-refractivity contribution >= 4 is 11.8 Å². The first-order valence-corrected chi connectivity index (χ1v) is 8.03. The Morgan fingerprint density at radius 2 is 1.72 bits per heavy atom. The summed E-state index contributed by atoms with van der Waals surface area (Å²) in [6.45, 7) is 6.82. The summed E-state index contributed by atoms with van der Waals surface area (Å²) >= 11 is 0. The van der Waals surface area contributed by atoms with Crippen molar-refractivity contribution < 1.29 is 27.1 Å². The van der Waals surface area contributed by atoms with Gasteiger partial charge < -0.3 is 14.5 Å². The predicted molar refractivity (Wildman–Crippen MR) is 86.2 cm³/mol. The number of hydrogen-bond donors (Lipinski definition) is 0. The molecule has 1 aliphatic heterocycles. The lowest BCUT2D eigenvalue weighted by atomic mass is 10.1. The highest BCUT2D eigenvalue weighted by Crippen LogP contribution is 2.26. The molecule has 0 saturated carbocycles. The minimum Gasteiger partial charge on any atom is -0.444 e. The van der Waals surface area contributed by atoms with Gasteiger partial charge in [0.2, 0.25) is 0 Å². The molecule has 25 heavy (non-hydrogen) atoms. The van der Waals surface area contributed by atoms with Crippen molar-refractivity contribution in [2.45, 2.75) is 39.0 Å². The molecule has 0 aromatic heterocycles. The van der Waals surface area contributed by atoms with Gasteiger partial charge in [0.05, 0.1) is 12.1 Å². The number of ether oxygens (including phenoxy) is 1. The average molecular weight is 362 g/mol. The van der Waals surface area contributed by atoms with E-state index < -0.39 is 30.1 Å². The van der Waals surface area contributed by atoms with Crippen LogP contribution in [0.4, 0.5) is 28.0 Å². The van der Waals surface area contributed by atoms with Crippen LogP contribution in [0.1, 0.15) is 26.3 Å². The normalized spacial score (nSPS) is 16.1. The first-order chi connectivity index (χ1) is 11.4. The lowest BCUT2D eigenvalue weighted by Crippen LogP contribution is -2.50. The van der Waals surface area contributed by atoms with E-state index in [1.54, 1.807) is 25.7 Å². The molecule has 0 radical (unpaired) electrons. The summed E-state index contributed by atoms with van der Waals surface area (Å²) in [5.41, 5.74) is -0.454. The van der Waals surface area contributed by atoms with Crippen LogP contribution in [-0.4, -0.2) is 48.9 Å². The van der Waals surface area contributed by atoms with E-state index in [2.05, 4.69) is 0 Å².